The average molecular weight is 193 g/mol. The van der Waals surface area contributed by atoms with E-state index in [2.05, 4.69) is 15.0 Å². The van der Waals surface area contributed by atoms with E-state index in [0.29, 0.717) is 24.0 Å². The third-order valence-electron chi connectivity index (χ3n) is 1.98. The quantitative estimate of drug-likeness (QED) is 0.506. The van der Waals surface area contributed by atoms with E-state index >= 15 is 0 Å². The van der Waals surface area contributed by atoms with Crippen LogP contribution in [0.4, 0.5) is 5.95 Å². The molecule has 0 spiro atoms. The fourth-order valence-corrected chi connectivity index (χ4v) is 1.38. The number of nitrogens with zero attached hydrogens (tertiary/aromatic N) is 1. The van der Waals surface area contributed by atoms with Crippen molar-refractivity contribution in [1.29, 1.82) is 0 Å². The van der Waals surface area contributed by atoms with Crippen LogP contribution < -0.4 is 17.0 Å². The number of rotatable bonds is 2. The van der Waals surface area contributed by atoms with Crippen molar-refractivity contribution in [3.8, 4) is 0 Å². The van der Waals surface area contributed by atoms with Crippen molar-refractivity contribution >= 4 is 17.0 Å². The summed E-state index contributed by atoms with van der Waals surface area (Å²) in [6.07, 6.45) is 0.690. The molecule has 0 aliphatic heterocycles. The van der Waals surface area contributed by atoms with Gasteiger partial charge in [-0.25, -0.2) is 0 Å². The summed E-state index contributed by atoms with van der Waals surface area (Å²) >= 11 is 0. The minimum absolute atomic E-state index is 0.114. The number of H-pyrrole nitrogens is 2. The number of nitrogen functional groups attached to an aromatic ring is 1. The van der Waals surface area contributed by atoms with Crippen LogP contribution in [0.1, 0.15) is 5.69 Å². The molecule has 74 valence electrons. The van der Waals surface area contributed by atoms with E-state index in [9.17, 15) is 4.79 Å². The fourth-order valence-electron chi connectivity index (χ4n) is 1.38. The van der Waals surface area contributed by atoms with Crippen LogP contribution in [0.3, 0.4) is 0 Å². The molecule has 0 bridgehead atoms. The lowest BCUT2D eigenvalue weighted by Crippen LogP contribution is -2.09. The Bertz CT molecular complexity index is 512. The van der Waals surface area contributed by atoms with Gasteiger partial charge in [0.1, 0.15) is 5.65 Å². The summed E-state index contributed by atoms with van der Waals surface area (Å²) in [5.41, 5.74) is 12.0. The largest absolute Gasteiger partial charge is 0.369 e. The van der Waals surface area contributed by atoms with Gasteiger partial charge < -0.3 is 16.5 Å². The van der Waals surface area contributed by atoms with Gasteiger partial charge in [0.15, 0.2) is 0 Å². The highest BCUT2D eigenvalue weighted by atomic mass is 16.1. The number of aromatic amines is 2. The molecule has 6 heteroatoms. The second-order valence-electron chi connectivity index (χ2n) is 3.05. The smallest absolute Gasteiger partial charge is 0.261 e. The van der Waals surface area contributed by atoms with E-state index in [1.54, 1.807) is 6.07 Å². The fraction of sp³-hybridized carbons (Fsp3) is 0.250. The van der Waals surface area contributed by atoms with E-state index in [1.165, 1.54) is 0 Å². The van der Waals surface area contributed by atoms with Gasteiger partial charge in [0.25, 0.3) is 5.56 Å². The highest BCUT2D eigenvalue weighted by Crippen LogP contribution is 2.09. The van der Waals surface area contributed by atoms with Crippen molar-refractivity contribution in [2.24, 2.45) is 5.73 Å². The average Bonchev–Trinajstić information content (AvgIpc) is 2.48. The highest BCUT2D eigenvalue weighted by Gasteiger charge is 2.05. The molecule has 0 atom stereocenters. The molecular weight excluding hydrogens is 182 g/mol. The first kappa shape index (κ1) is 8.76. The van der Waals surface area contributed by atoms with Gasteiger partial charge >= 0.3 is 0 Å². The Labute approximate surface area is 79.3 Å². The Morgan fingerprint density at radius 2 is 2.21 bits per heavy atom. The van der Waals surface area contributed by atoms with Crippen molar-refractivity contribution in [2.75, 3.05) is 12.3 Å². The van der Waals surface area contributed by atoms with Crippen molar-refractivity contribution < 1.29 is 0 Å². The standard InChI is InChI=1S/C8H11N5O/c9-2-1-4-3-5-6(11-4)12-8(10)13-7(5)14/h3H,1-2,9H2,(H4,10,11,12,13,14). The summed E-state index contributed by atoms with van der Waals surface area (Å²) in [5, 5.41) is 0.516. The van der Waals surface area contributed by atoms with Crippen molar-refractivity contribution in [3.63, 3.8) is 0 Å². The monoisotopic (exact) mass is 193 g/mol. The zero-order valence-electron chi connectivity index (χ0n) is 7.50. The Kier molecular flexibility index (Phi) is 1.97. The molecule has 0 unspecified atom stereocenters. The molecule has 2 rings (SSSR count). The molecule has 0 aliphatic carbocycles. The molecule has 2 aromatic rings. The van der Waals surface area contributed by atoms with Crippen molar-refractivity contribution in [3.05, 3.63) is 22.1 Å². The van der Waals surface area contributed by atoms with Gasteiger partial charge in [0, 0.05) is 5.69 Å². The van der Waals surface area contributed by atoms with Gasteiger partial charge in [-0.15, -0.1) is 0 Å². The topological polar surface area (TPSA) is 114 Å². The van der Waals surface area contributed by atoms with Gasteiger partial charge in [0.2, 0.25) is 5.95 Å². The Balaban J connectivity index is 2.65. The molecular formula is C8H11N5O. The summed E-state index contributed by atoms with van der Waals surface area (Å²) in [6, 6.07) is 1.74. The summed E-state index contributed by atoms with van der Waals surface area (Å²) in [5.74, 6) is 0.114. The summed E-state index contributed by atoms with van der Waals surface area (Å²) in [4.78, 5) is 20.8. The minimum atomic E-state index is -0.230. The second kappa shape index (κ2) is 3.15. The highest BCUT2D eigenvalue weighted by molar-refractivity contribution is 5.76. The first-order valence-electron chi connectivity index (χ1n) is 4.28. The molecule has 6 nitrogen and oxygen atoms in total. The third-order valence-corrected chi connectivity index (χ3v) is 1.98. The third kappa shape index (κ3) is 1.35. The number of nitrogens with one attached hydrogen (secondary N) is 2. The normalized spacial score (nSPS) is 10.9. The van der Waals surface area contributed by atoms with Crippen LogP contribution in [0.5, 0.6) is 0 Å². The number of nitrogens with two attached hydrogens (primary N) is 2. The summed E-state index contributed by atoms with van der Waals surface area (Å²) in [6.45, 7) is 0.528. The lowest BCUT2D eigenvalue weighted by Gasteiger charge is -1.91. The minimum Gasteiger partial charge on any atom is -0.369 e. The molecule has 0 saturated carbocycles. The Morgan fingerprint density at radius 3 is 2.93 bits per heavy atom. The lowest BCUT2D eigenvalue weighted by molar-refractivity contribution is 0.937. The van der Waals surface area contributed by atoms with Crippen molar-refractivity contribution in [1.82, 2.24) is 15.0 Å². The lowest BCUT2D eigenvalue weighted by atomic mass is 10.3. The van der Waals surface area contributed by atoms with Gasteiger partial charge in [-0.3, -0.25) is 9.78 Å². The zero-order valence-corrected chi connectivity index (χ0v) is 7.50. The van der Waals surface area contributed by atoms with Crippen molar-refractivity contribution in [2.45, 2.75) is 6.42 Å². The van der Waals surface area contributed by atoms with Crippen LogP contribution in [0.25, 0.3) is 11.0 Å². The second-order valence-corrected chi connectivity index (χ2v) is 3.05. The van der Waals surface area contributed by atoms with Crippen LogP contribution in [-0.4, -0.2) is 21.5 Å². The van der Waals surface area contributed by atoms with Gasteiger partial charge in [-0.05, 0) is 19.0 Å². The van der Waals surface area contributed by atoms with E-state index < -0.39 is 0 Å². The molecule has 0 amide bonds. The maximum atomic E-state index is 11.4. The molecule has 2 heterocycles. The first-order valence-corrected chi connectivity index (χ1v) is 4.28. The van der Waals surface area contributed by atoms with Crippen LogP contribution in [0.15, 0.2) is 10.9 Å². The molecule has 6 N–H and O–H groups in total. The van der Waals surface area contributed by atoms with Crippen LogP contribution in [0, 0.1) is 0 Å². The predicted octanol–water partition coefficient (Wildman–Crippen LogP) is -0.665. The maximum Gasteiger partial charge on any atom is 0.261 e. The number of hydrogen-bond donors (Lipinski definition) is 4. The molecule has 0 fully saturated rings. The zero-order chi connectivity index (χ0) is 10.1. The Hall–Kier alpha value is -1.82. The van der Waals surface area contributed by atoms with Crippen LogP contribution in [0.2, 0.25) is 0 Å². The molecule has 2 aromatic heterocycles. The van der Waals surface area contributed by atoms with Gasteiger partial charge in [-0.2, -0.15) is 4.98 Å². The van der Waals surface area contributed by atoms with Gasteiger partial charge in [-0.1, -0.05) is 0 Å². The maximum absolute atomic E-state index is 11.4. The van der Waals surface area contributed by atoms with Crippen LogP contribution in [-0.2, 0) is 6.42 Å². The molecule has 0 aromatic carbocycles. The number of aromatic nitrogens is 3. The predicted molar refractivity (Wildman–Crippen MR) is 53.9 cm³/mol. The van der Waals surface area contributed by atoms with E-state index in [4.69, 9.17) is 11.5 Å². The summed E-state index contributed by atoms with van der Waals surface area (Å²) < 4.78 is 0. The van der Waals surface area contributed by atoms with Gasteiger partial charge in [0.05, 0.1) is 5.39 Å². The van der Waals surface area contributed by atoms with Crippen LogP contribution >= 0.6 is 0 Å². The van der Waals surface area contributed by atoms with E-state index in [0.717, 1.165) is 5.69 Å². The Morgan fingerprint density at radius 1 is 1.43 bits per heavy atom. The number of anilines is 1. The summed E-state index contributed by atoms with van der Waals surface area (Å²) in [7, 11) is 0. The SMILES string of the molecule is NCCc1cc2c(=O)[nH]c(N)nc2[nH]1. The molecule has 0 saturated heterocycles. The molecule has 14 heavy (non-hydrogen) atoms. The van der Waals surface area contributed by atoms with E-state index in [-0.39, 0.29) is 11.5 Å². The molecule has 0 radical (unpaired) electrons. The van der Waals surface area contributed by atoms with E-state index in [1.807, 2.05) is 0 Å². The number of hydrogen-bond acceptors (Lipinski definition) is 4. The number of fused-ring (bicyclic) bond motifs is 1. The first-order chi connectivity index (χ1) is 6.70. The molecule has 0 aliphatic rings.